The number of carbonyl (C=O) groups excluding carboxylic acids is 3. The highest BCUT2D eigenvalue weighted by molar-refractivity contribution is 6.31. The van der Waals surface area contributed by atoms with Gasteiger partial charge >= 0.3 is 0 Å². The normalized spacial score (nSPS) is 32.1. The quantitative estimate of drug-likeness (QED) is 0.575. The van der Waals surface area contributed by atoms with Gasteiger partial charge in [-0.1, -0.05) is 42.0 Å². The molecule has 0 unspecified atom stereocenters. The largest absolute Gasteiger partial charge is 0.322 e. The average molecular weight is 433 g/mol. The number of imide groups is 1. The predicted octanol–water partition coefficient (Wildman–Crippen LogP) is 4.46. The Morgan fingerprint density at radius 2 is 1.65 bits per heavy atom. The van der Waals surface area contributed by atoms with Gasteiger partial charge in [0.05, 0.1) is 23.1 Å². The van der Waals surface area contributed by atoms with Crippen LogP contribution in [0.4, 0.5) is 11.4 Å². The van der Waals surface area contributed by atoms with E-state index in [1.54, 1.807) is 36.4 Å². The number of nitrogens with one attached hydrogen (secondary N) is 1. The van der Waals surface area contributed by atoms with Crippen LogP contribution >= 0.6 is 11.6 Å². The van der Waals surface area contributed by atoms with Crippen molar-refractivity contribution in [2.24, 2.45) is 35.5 Å². The van der Waals surface area contributed by atoms with E-state index in [4.69, 9.17) is 11.6 Å². The Kier molecular flexibility index (Phi) is 3.97. The standard InChI is InChI=1S/C25H21ClN2O3/c1-12-6-7-13(26)10-19(12)27-23(29)16-4-2-3-5-20(16)28-24(30)21-14-8-9-15(18-11-17(14)18)22(21)25(28)31/h2-10,14-15,17-18,21-22H,11H2,1H3,(H,27,29)/t14-,15-,17-,18+,21-,22+/m1/s1. The molecule has 0 aromatic heterocycles. The number of allylic oxidation sites excluding steroid dienone is 2. The number of hydrogen-bond acceptors (Lipinski definition) is 3. The summed E-state index contributed by atoms with van der Waals surface area (Å²) in [4.78, 5) is 41.4. The minimum atomic E-state index is -0.375. The third-order valence-electron chi connectivity index (χ3n) is 7.50. The maximum Gasteiger partial charge on any atom is 0.257 e. The highest BCUT2D eigenvalue weighted by Crippen LogP contribution is 2.65. The molecule has 6 heteroatoms. The summed E-state index contributed by atoms with van der Waals surface area (Å²) in [5.74, 6) is 0.0796. The van der Waals surface area contributed by atoms with E-state index in [9.17, 15) is 14.4 Å². The van der Waals surface area contributed by atoms with Crippen molar-refractivity contribution < 1.29 is 14.4 Å². The molecule has 2 aromatic rings. The highest BCUT2D eigenvalue weighted by Gasteiger charge is 2.67. The number of aryl methyl sites for hydroxylation is 1. The molecule has 31 heavy (non-hydrogen) atoms. The van der Waals surface area contributed by atoms with Gasteiger partial charge in [-0.2, -0.15) is 0 Å². The maximum atomic E-state index is 13.5. The second-order valence-electron chi connectivity index (χ2n) is 9.10. The zero-order chi connectivity index (χ0) is 21.4. The minimum absolute atomic E-state index is 0.150. The second kappa shape index (κ2) is 6.54. The van der Waals surface area contributed by atoms with E-state index >= 15 is 0 Å². The molecule has 2 aromatic carbocycles. The summed E-state index contributed by atoms with van der Waals surface area (Å²) in [5.41, 5.74) is 2.13. The molecular formula is C25H21ClN2O3. The molecule has 4 aliphatic carbocycles. The summed E-state index contributed by atoms with van der Waals surface area (Å²) in [7, 11) is 0. The Morgan fingerprint density at radius 1 is 1.00 bits per heavy atom. The van der Waals surface area contributed by atoms with E-state index in [-0.39, 0.29) is 41.4 Å². The smallest absolute Gasteiger partial charge is 0.257 e. The molecule has 3 amide bonds. The number of para-hydroxylation sites is 1. The van der Waals surface area contributed by atoms with E-state index in [0.29, 0.717) is 33.8 Å². The van der Waals surface area contributed by atoms with Crippen LogP contribution in [-0.2, 0) is 9.59 Å². The van der Waals surface area contributed by atoms with Gasteiger partial charge in [0.25, 0.3) is 5.91 Å². The summed E-state index contributed by atoms with van der Waals surface area (Å²) >= 11 is 6.08. The third kappa shape index (κ3) is 2.66. The van der Waals surface area contributed by atoms with Gasteiger partial charge < -0.3 is 5.32 Å². The zero-order valence-corrected chi connectivity index (χ0v) is 17.7. The van der Waals surface area contributed by atoms with Gasteiger partial charge in [0, 0.05) is 10.7 Å². The monoisotopic (exact) mass is 432 g/mol. The van der Waals surface area contributed by atoms with Crippen molar-refractivity contribution in [3.05, 3.63) is 70.8 Å². The number of anilines is 2. The Balaban J connectivity index is 1.35. The SMILES string of the molecule is Cc1ccc(Cl)cc1NC(=O)c1ccccc1N1C(=O)[C@@H]2[C@@H]3C=C[C@H]([C@@H]4C[C@H]34)[C@@H]2C1=O. The van der Waals surface area contributed by atoms with Crippen LogP contribution in [0.3, 0.4) is 0 Å². The van der Waals surface area contributed by atoms with Gasteiger partial charge in [-0.05, 0) is 66.8 Å². The summed E-state index contributed by atoms with van der Waals surface area (Å²) in [6.45, 7) is 1.88. The number of amides is 3. The van der Waals surface area contributed by atoms with Crippen LogP contribution in [-0.4, -0.2) is 17.7 Å². The minimum Gasteiger partial charge on any atom is -0.322 e. The molecular weight excluding hydrogens is 412 g/mol. The van der Waals surface area contributed by atoms with Crippen molar-refractivity contribution in [1.29, 1.82) is 0 Å². The number of carbonyl (C=O) groups is 3. The van der Waals surface area contributed by atoms with E-state index in [0.717, 1.165) is 12.0 Å². The van der Waals surface area contributed by atoms with Gasteiger partial charge in [-0.3, -0.25) is 14.4 Å². The summed E-state index contributed by atoms with van der Waals surface area (Å²) in [6, 6.07) is 12.1. The first-order valence-electron chi connectivity index (χ1n) is 10.7. The summed E-state index contributed by atoms with van der Waals surface area (Å²) < 4.78 is 0. The lowest BCUT2D eigenvalue weighted by atomic mass is 9.63. The molecule has 1 N–H and O–H groups in total. The van der Waals surface area contributed by atoms with Crippen LogP contribution in [0.1, 0.15) is 22.3 Å². The highest BCUT2D eigenvalue weighted by atomic mass is 35.5. The van der Waals surface area contributed by atoms with Gasteiger partial charge in [-0.15, -0.1) is 0 Å². The fourth-order valence-electron chi connectivity index (χ4n) is 5.97. The third-order valence-corrected chi connectivity index (χ3v) is 7.74. The maximum absolute atomic E-state index is 13.5. The second-order valence-corrected chi connectivity index (χ2v) is 9.53. The van der Waals surface area contributed by atoms with E-state index in [2.05, 4.69) is 17.5 Å². The summed E-state index contributed by atoms with van der Waals surface area (Å²) in [5, 5.41) is 3.40. The van der Waals surface area contributed by atoms with Crippen LogP contribution in [0.15, 0.2) is 54.6 Å². The van der Waals surface area contributed by atoms with Crippen LogP contribution in [0, 0.1) is 42.4 Å². The van der Waals surface area contributed by atoms with Gasteiger partial charge in [0.15, 0.2) is 0 Å². The van der Waals surface area contributed by atoms with E-state index in [1.807, 2.05) is 13.0 Å². The number of halogens is 1. The Hall–Kier alpha value is -2.92. The van der Waals surface area contributed by atoms with Crippen LogP contribution in [0.2, 0.25) is 5.02 Å². The fourth-order valence-corrected chi connectivity index (χ4v) is 6.15. The number of nitrogens with zero attached hydrogens (tertiary/aromatic N) is 1. The first-order valence-corrected chi connectivity index (χ1v) is 11.1. The van der Waals surface area contributed by atoms with Crippen LogP contribution < -0.4 is 10.2 Å². The Bertz CT molecular complexity index is 1150. The molecule has 0 radical (unpaired) electrons. The van der Waals surface area contributed by atoms with Crippen molar-refractivity contribution in [3.63, 3.8) is 0 Å². The lowest BCUT2D eigenvalue weighted by Gasteiger charge is -2.37. The van der Waals surface area contributed by atoms with Crippen LogP contribution in [0.5, 0.6) is 0 Å². The molecule has 7 rings (SSSR count). The average Bonchev–Trinajstić information content (AvgIpc) is 3.54. The van der Waals surface area contributed by atoms with Crippen molar-refractivity contribution in [2.45, 2.75) is 13.3 Å². The molecule has 1 saturated heterocycles. The molecule has 3 fully saturated rings. The fraction of sp³-hybridized carbons (Fsp3) is 0.320. The molecule has 5 aliphatic rings. The number of hydrogen-bond donors (Lipinski definition) is 1. The van der Waals surface area contributed by atoms with Gasteiger partial charge in [0.1, 0.15) is 0 Å². The lowest BCUT2D eigenvalue weighted by Crippen LogP contribution is -2.40. The van der Waals surface area contributed by atoms with E-state index < -0.39 is 0 Å². The molecule has 156 valence electrons. The molecule has 0 spiro atoms. The Morgan fingerprint density at radius 3 is 2.32 bits per heavy atom. The molecule has 5 nitrogen and oxygen atoms in total. The summed E-state index contributed by atoms with van der Waals surface area (Å²) in [6.07, 6.45) is 5.41. The van der Waals surface area contributed by atoms with Crippen LogP contribution in [0.25, 0.3) is 0 Å². The van der Waals surface area contributed by atoms with Gasteiger partial charge in [-0.25, -0.2) is 4.90 Å². The first-order chi connectivity index (χ1) is 15.0. The van der Waals surface area contributed by atoms with Gasteiger partial charge in [0.2, 0.25) is 11.8 Å². The molecule has 2 saturated carbocycles. The predicted molar refractivity (Wildman–Crippen MR) is 118 cm³/mol. The van der Waals surface area contributed by atoms with Crippen molar-refractivity contribution >= 4 is 40.7 Å². The molecule has 6 atom stereocenters. The van der Waals surface area contributed by atoms with E-state index in [1.165, 1.54) is 4.90 Å². The molecule has 2 bridgehead atoms. The van der Waals surface area contributed by atoms with Crippen molar-refractivity contribution in [2.75, 3.05) is 10.2 Å². The van der Waals surface area contributed by atoms with Crippen molar-refractivity contribution in [1.82, 2.24) is 0 Å². The number of rotatable bonds is 3. The Labute approximate surface area is 185 Å². The topological polar surface area (TPSA) is 66.5 Å². The lowest BCUT2D eigenvalue weighted by molar-refractivity contribution is -0.124. The zero-order valence-electron chi connectivity index (χ0n) is 16.9. The molecule has 1 heterocycles. The molecule has 1 aliphatic heterocycles. The van der Waals surface area contributed by atoms with Crippen molar-refractivity contribution in [3.8, 4) is 0 Å². The number of benzene rings is 2. The first kappa shape index (κ1) is 18.8.